The summed E-state index contributed by atoms with van der Waals surface area (Å²) in [7, 11) is 0. The number of aliphatic hydroxyl groups is 1. The zero-order valence-electron chi connectivity index (χ0n) is 17.2. The van der Waals surface area contributed by atoms with Crippen LogP contribution in [-0.4, -0.2) is 39.3 Å². The van der Waals surface area contributed by atoms with Gasteiger partial charge in [0.05, 0.1) is 0 Å². The molecule has 4 rings (SSSR count). The summed E-state index contributed by atoms with van der Waals surface area (Å²) in [6.45, 7) is 7.97. The van der Waals surface area contributed by atoms with Crippen LogP contribution in [0.3, 0.4) is 0 Å². The molecule has 2 unspecified atom stereocenters. The van der Waals surface area contributed by atoms with E-state index in [0.29, 0.717) is 18.3 Å². The van der Waals surface area contributed by atoms with Gasteiger partial charge in [-0.1, -0.05) is 26.8 Å². The number of allylic oxidation sites excluding steroid dienone is 1. The normalized spacial score (nSPS) is 37.0. The third kappa shape index (κ3) is 2.65. The van der Waals surface area contributed by atoms with E-state index in [9.17, 15) is 24.9 Å². The predicted molar refractivity (Wildman–Crippen MR) is 106 cm³/mol. The lowest BCUT2D eigenvalue weighted by molar-refractivity contribution is -0.246. The Morgan fingerprint density at radius 1 is 1.17 bits per heavy atom. The molecule has 3 aliphatic rings. The molecule has 0 aromatic heterocycles. The van der Waals surface area contributed by atoms with Crippen molar-refractivity contribution >= 4 is 12.3 Å². The van der Waals surface area contributed by atoms with Crippen LogP contribution >= 0.6 is 0 Å². The largest absolute Gasteiger partial charge is 0.508 e. The van der Waals surface area contributed by atoms with E-state index in [2.05, 4.69) is 13.8 Å². The molecular formula is C23H28O6. The third-order valence-electron chi connectivity index (χ3n) is 7.56. The Balaban J connectivity index is 1.65. The summed E-state index contributed by atoms with van der Waals surface area (Å²) >= 11 is 0. The molecule has 0 radical (unpaired) electrons. The molecule has 0 aliphatic heterocycles. The van der Waals surface area contributed by atoms with Crippen LogP contribution < -0.4 is 0 Å². The molecular weight excluding hydrogens is 372 g/mol. The second-order valence-corrected chi connectivity index (χ2v) is 10.0. The number of rotatable bonds is 3. The number of phenols is 2. The fourth-order valence-electron chi connectivity index (χ4n) is 6.18. The van der Waals surface area contributed by atoms with E-state index >= 15 is 0 Å². The van der Waals surface area contributed by atoms with E-state index < -0.39 is 23.1 Å². The molecule has 1 aromatic carbocycles. The second-order valence-electron chi connectivity index (χ2n) is 10.0. The average Bonchev–Trinajstić information content (AvgIpc) is 2.91. The van der Waals surface area contributed by atoms with Crippen molar-refractivity contribution in [2.75, 3.05) is 0 Å². The molecule has 2 saturated carbocycles. The maximum absolute atomic E-state index is 12.8. The summed E-state index contributed by atoms with van der Waals surface area (Å²) in [4.78, 5) is 24.6. The Hall–Kier alpha value is -2.34. The lowest BCUT2D eigenvalue weighted by Gasteiger charge is -2.64. The highest BCUT2D eigenvalue weighted by Gasteiger charge is 2.72. The zero-order chi connectivity index (χ0) is 21.4. The summed E-state index contributed by atoms with van der Waals surface area (Å²) in [5, 5.41) is 31.3. The molecule has 5 atom stereocenters. The molecule has 3 aliphatic carbocycles. The van der Waals surface area contributed by atoms with Gasteiger partial charge in [-0.3, -0.25) is 4.79 Å². The van der Waals surface area contributed by atoms with Crippen LogP contribution in [0.1, 0.15) is 56.0 Å². The molecule has 2 fully saturated rings. The van der Waals surface area contributed by atoms with Gasteiger partial charge in [-0.05, 0) is 55.1 Å². The monoisotopic (exact) mass is 400 g/mol. The van der Waals surface area contributed by atoms with Gasteiger partial charge in [0.1, 0.15) is 35.1 Å². The fraction of sp³-hybridized carbons (Fsp3) is 0.565. The van der Waals surface area contributed by atoms with Crippen LogP contribution in [0.15, 0.2) is 23.8 Å². The van der Waals surface area contributed by atoms with Crippen molar-refractivity contribution < 1.29 is 29.6 Å². The number of esters is 1. The van der Waals surface area contributed by atoms with E-state index in [1.54, 1.807) is 6.92 Å². The van der Waals surface area contributed by atoms with Crippen LogP contribution in [0.5, 0.6) is 11.5 Å². The molecule has 0 heterocycles. The molecule has 0 spiro atoms. The van der Waals surface area contributed by atoms with Gasteiger partial charge in [0.25, 0.3) is 0 Å². The number of fused-ring (bicyclic) bond motifs is 3. The summed E-state index contributed by atoms with van der Waals surface area (Å²) in [6.07, 6.45) is 4.05. The summed E-state index contributed by atoms with van der Waals surface area (Å²) in [6, 6.07) is 2.43. The van der Waals surface area contributed by atoms with E-state index in [4.69, 9.17) is 4.74 Å². The number of ether oxygens (including phenoxy) is 1. The third-order valence-corrected chi connectivity index (χ3v) is 7.56. The highest BCUT2D eigenvalue weighted by atomic mass is 16.6. The number of hydrogen-bond acceptors (Lipinski definition) is 6. The van der Waals surface area contributed by atoms with Crippen LogP contribution in [0.2, 0.25) is 0 Å². The first kappa shape index (κ1) is 20.0. The van der Waals surface area contributed by atoms with Crippen LogP contribution in [0.4, 0.5) is 0 Å². The molecule has 0 bridgehead atoms. The molecule has 3 N–H and O–H groups in total. The van der Waals surface area contributed by atoms with Crippen molar-refractivity contribution in [1.82, 2.24) is 0 Å². The average molecular weight is 400 g/mol. The number of hydrogen-bond donors (Lipinski definition) is 3. The first-order valence-corrected chi connectivity index (χ1v) is 10.1. The maximum Gasteiger partial charge on any atom is 0.342 e. The van der Waals surface area contributed by atoms with Gasteiger partial charge in [-0.15, -0.1) is 0 Å². The van der Waals surface area contributed by atoms with E-state index in [1.807, 2.05) is 13.0 Å². The van der Waals surface area contributed by atoms with Crippen molar-refractivity contribution in [3.8, 4) is 11.5 Å². The quantitative estimate of drug-likeness (QED) is 0.531. The number of aromatic hydroxyl groups is 2. The van der Waals surface area contributed by atoms with Crippen LogP contribution in [0.25, 0.3) is 0 Å². The highest BCUT2D eigenvalue weighted by Crippen LogP contribution is 2.68. The number of phenolic OH excluding ortho intramolecular Hbond substituents is 2. The van der Waals surface area contributed by atoms with Crippen LogP contribution in [0, 0.1) is 29.6 Å². The predicted octanol–water partition coefficient (Wildman–Crippen LogP) is 3.26. The van der Waals surface area contributed by atoms with Crippen molar-refractivity contribution in [2.24, 2.45) is 22.7 Å². The lowest BCUT2D eigenvalue weighted by Crippen LogP contribution is -2.72. The second kappa shape index (κ2) is 6.08. The molecule has 0 saturated heterocycles. The van der Waals surface area contributed by atoms with E-state index in [1.165, 1.54) is 6.07 Å². The van der Waals surface area contributed by atoms with Gasteiger partial charge in [-0.2, -0.15) is 0 Å². The van der Waals surface area contributed by atoms with Gasteiger partial charge in [-0.25, -0.2) is 4.79 Å². The zero-order valence-corrected chi connectivity index (χ0v) is 17.2. The molecule has 0 amide bonds. The maximum atomic E-state index is 12.8. The van der Waals surface area contributed by atoms with Gasteiger partial charge >= 0.3 is 5.97 Å². The van der Waals surface area contributed by atoms with E-state index in [-0.39, 0.29) is 39.9 Å². The molecule has 6 nitrogen and oxygen atoms in total. The number of aldehydes is 1. The van der Waals surface area contributed by atoms with Crippen LogP contribution in [-0.2, 0) is 9.53 Å². The van der Waals surface area contributed by atoms with Gasteiger partial charge in [0, 0.05) is 17.1 Å². The molecule has 156 valence electrons. The number of carbonyl (C=O) groups is 2. The fourth-order valence-corrected chi connectivity index (χ4v) is 6.18. The lowest BCUT2D eigenvalue weighted by atomic mass is 9.44. The van der Waals surface area contributed by atoms with Crippen molar-refractivity contribution in [1.29, 1.82) is 0 Å². The number of aryl methyl sites for hydroxylation is 1. The number of benzene rings is 1. The van der Waals surface area contributed by atoms with Gasteiger partial charge < -0.3 is 20.1 Å². The first-order chi connectivity index (χ1) is 13.4. The Labute approximate surface area is 170 Å². The van der Waals surface area contributed by atoms with Gasteiger partial charge in [0.2, 0.25) is 0 Å². The van der Waals surface area contributed by atoms with Crippen molar-refractivity contribution in [3.63, 3.8) is 0 Å². The van der Waals surface area contributed by atoms with Crippen molar-refractivity contribution in [2.45, 2.75) is 58.7 Å². The molecule has 29 heavy (non-hydrogen) atoms. The Bertz CT molecular complexity index is 908. The standard InChI is InChI=1S/C23H28O6/c1-12-5-15(25)7-17(26)19(12)20(27)29-18-10-22(4)16-9-21(2,3)8-13(16)6-14(11-24)23(18,22)28/h5-7,11,13,16,18,25-26,28H,8-10H2,1-4H3/t13?,16?,18-,22-,23+/m1/s1. The smallest absolute Gasteiger partial charge is 0.342 e. The topological polar surface area (TPSA) is 104 Å². The Morgan fingerprint density at radius 3 is 2.48 bits per heavy atom. The molecule has 6 heteroatoms. The van der Waals surface area contributed by atoms with Gasteiger partial charge in [0.15, 0.2) is 0 Å². The Kier molecular flexibility index (Phi) is 4.18. The highest BCUT2D eigenvalue weighted by molar-refractivity contribution is 5.94. The van der Waals surface area contributed by atoms with Crippen molar-refractivity contribution in [3.05, 3.63) is 34.9 Å². The SMILES string of the molecule is Cc1cc(O)cc(O)c1C(=O)O[C@@H]1C[C@]2(C)C3CC(C)(C)CC3C=C(C=O)[C@]12O. The summed E-state index contributed by atoms with van der Waals surface area (Å²) in [5.74, 6) is -0.867. The minimum atomic E-state index is -1.54. The first-order valence-electron chi connectivity index (χ1n) is 10.1. The van der Waals surface area contributed by atoms with E-state index in [0.717, 1.165) is 18.9 Å². The number of carbonyl (C=O) groups excluding carboxylic acids is 2. The minimum absolute atomic E-state index is 0.0488. The minimum Gasteiger partial charge on any atom is -0.508 e. The summed E-state index contributed by atoms with van der Waals surface area (Å²) < 4.78 is 5.61. The molecule has 1 aromatic rings. The Morgan fingerprint density at radius 2 is 1.86 bits per heavy atom. The summed E-state index contributed by atoms with van der Waals surface area (Å²) in [5.41, 5.74) is -1.35.